The molecule has 1 saturated heterocycles. The Balaban J connectivity index is 1.28. The first-order chi connectivity index (χ1) is 17.6. The van der Waals surface area contributed by atoms with Crippen molar-refractivity contribution in [1.82, 2.24) is 9.80 Å². The predicted molar refractivity (Wildman–Crippen MR) is 143 cm³/mol. The first-order valence-electron chi connectivity index (χ1n) is 14.2. The van der Waals surface area contributed by atoms with Crippen LogP contribution in [0.2, 0.25) is 0 Å². The molecule has 3 fully saturated rings. The van der Waals surface area contributed by atoms with Gasteiger partial charge < -0.3 is 14.7 Å². The molecule has 0 bridgehead atoms. The summed E-state index contributed by atoms with van der Waals surface area (Å²) in [4.78, 5) is 18.6. The van der Waals surface area contributed by atoms with Crippen LogP contribution in [0.25, 0.3) is 0 Å². The highest BCUT2D eigenvalue weighted by molar-refractivity contribution is 5.85. The molecule has 2 aromatic carbocycles. The number of piperazine rings is 1. The van der Waals surface area contributed by atoms with E-state index < -0.39 is 11.5 Å². The fourth-order valence-corrected chi connectivity index (χ4v) is 6.56. The average Bonchev–Trinajstić information content (AvgIpc) is 2.92. The Morgan fingerprint density at radius 1 is 0.833 bits per heavy atom. The number of ether oxygens (including phenoxy) is 1. The van der Waals surface area contributed by atoms with E-state index >= 15 is 0 Å². The van der Waals surface area contributed by atoms with Crippen LogP contribution in [0.1, 0.15) is 75.7 Å². The Labute approximate surface area is 216 Å². The number of nitrogens with zero attached hydrogens (tertiary/aromatic N) is 2. The molecule has 0 spiro atoms. The Morgan fingerprint density at radius 3 is 2.11 bits per heavy atom. The fraction of sp³-hybridized carbons (Fsp3) is 0.581. The zero-order valence-corrected chi connectivity index (χ0v) is 21.6. The molecule has 1 atom stereocenters. The topological polar surface area (TPSA) is 53.0 Å². The van der Waals surface area contributed by atoms with Gasteiger partial charge in [-0.2, -0.15) is 0 Å². The van der Waals surface area contributed by atoms with E-state index in [1.807, 2.05) is 59.5 Å². The van der Waals surface area contributed by atoms with Crippen molar-refractivity contribution >= 4 is 5.91 Å². The minimum absolute atomic E-state index is 0.0912. The van der Waals surface area contributed by atoms with Crippen molar-refractivity contribution in [2.45, 2.75) is 75.7 Å². The van der Waals surface area contributed by atoms with Crippen LogP contribution in [0, 0.1) is 5.92 Å². The molecule has 3 aliphatic rings. The number of hydrogen-bond acceptors (Lipinski definition) is 4. The van der Waals surface area contributed by atoms with Crippen molar-refractivity contribution in [1.29, 1.82) is 0 Å². The third-order valence-corrected chi connectivity index (χ3v) is 8.62. The lowest BCUT2D eigenvalue weighted by molar-refractivity contribution is -0.143. The predicted octanol–water partition coefficient (Wildman–Crippen LogP) is 5.98. The zero-order chi connectivity index (χ0) is 24.8. The largest absolute Gasteiger partial charge is 0.457 e. The molecule has 2 aliphatic carbocycles. The Hall–Kier alpha value is -2.37. The molecule has 2 saturated carbocycles. The molecule has 2 aromatic rings. The van der Waals surface area contributed by atoms with Gasteiger partial charge in [-0.05, 0) is 61.4 Å². The van der Waals surface area contributed by atoms with Crippen LogP contribution in [0.4, 0.5) is 0 Å². The van der Waals surface area contributed by atoms with Gasteiger partial charge >= 0.3 is 0 Å². The van der Waals surface area contributed by atoms with Crippen molar-refractivity contribution in [3.05, 3.63) is 60.2 Å². The fourth-order valence-electron chi connectivity index (χ4n) is 6.56. The van der Waals surface area contributed by atoms with Crippen molar-refractivity contribution in [3.8, 4) is 11.5 Å². The molecule has 1 aliphatic heterocycles. The van der Waals surface area contributed by atoms with Crippen molar-refractivity contribution in [3.63, 3.8) is 0 Å². The van der Waals surface area contributed by atoms with Gasteiger partial charge in [-0.25, -0.2) is 0 Å². The van der Waals surface area contributed by atoms with E-state index in [2.05, 4.69) is 4.90 Å². The lowest BCUT2D eigenvalue weighted by atomic mass is 9.72. The summed E-state index contributed by atoms with van der Waals surface area (Å²) >= 11 is 0. The molecule has 36 heavy (non-hydrogen) atoms. The molecule has 1 amide bonds. The summed E-state index contributed by atoms with van der Waals surface area (Å²) in [7, 11) is 0. The average molecular weight is 491 g/mol. The Morgan fingerprint density at radius 2 is 1.44 bits per heavy atom. The summed E-state index contributed by atoms with van der Waals surface area (Å²) < 4.78 is 5.97. The van der Waals surface area contributed by atoms with Crippen molar-refractivity contribution in [2.24, 2.45) is 5.92 Å². The highest BCUT2D eigenvalue weighted by Crippen LogP contribution is 2.42. The van der Waals surface area contributed by atoms with Crippen LogP contribution in [0.5, 0.6) is 11.5 Å². The molecular formula is C31H42N2O3. The molecule has 1 unspecified atom stereocenters. The molecular weight excluding hydrogens is 448 g/mol. The van der Waals surface area contributed by atoms with E-state index in [1.165, 1.54) is 38.6 Å². The summed E-state index contributed by atoms with van der Waals surface area (Å²) in [6.07, 6.45) is 11.3. The monoisotopic (exact) mass is 490 g/mol. The van der Waals surface area contributed by atoms with Crippen LogP contribution in [-0.2, 0) is 4.79 Å². The second-order valence-electron chi connectivity index (χ2n) is 11.2. The van der Waals surface area contributed by atoms with Gasteiger partial charge in [0.15, 0.2) is 0 Å². The third kappa shape index (κ3) is 6.12. The number of rotatable bonds is 7. The maximum atomic E-state index is 14.0. The highest BCUT2D eigenvalue weighted by atomic mass is 16.5. The van der Waals surface area contributed by atoms with Crippen LogP contribution in [0.15, 0.2) is 54.6 Å². The quantitative estimate of drug-likeness (QED) is 0.519. The smallest absolute Gasteiger partial charge is 0.233 e. The molecule has 0 radical (unpaired) electrons. The van der Waals surface area contributed by atoms with Gasteiger partial charge in [0.05, 0.1) is 11.5 Å². The summed E-state index contributed by atoms with van der Waals surface area (Å²) in [5, 5.41) is 11.8. The van der Waals surface area contributed by atoms with Gasteiger partial charge in [-0.15, -0.1) is 0 Å². The number of benzene rings is 2. The van der Waals surface area contributed by atoms with E-state index in [0.717, 1.165) is 68.4 Å². The van der Waals surface area contributed by atoms with Gasteiger partial charge in [-0.1, -0.05) is 68.9 Å². The third-order valence-electron chi connectivity index (χ3n) is 8.62. The van der Waals surface area contributed by atoms with Gasteiger partial charge in [0.1, 0.15) is 11.5 Å². The minimum atomic E-state index is -0.976. The normalized spacial score (nSPS) is 22.2. The van der Waals surface area contributed by atoms with Crippen molar-refractivity contribution < 1.29 is 14.6 Å². The van der Waals surface area contributed by atoms with Crippen LogP contribution >= 0.6 is 0 Å². The summed E-state index contributed by atoms with van der Waals surface area (Å²) in [5.74, 6) is 1.92. The van der Waals surface area contributed by atoms with E-state index in [4.69, 9.17) is 4.74 Å². The summed E-state index contributed by atoms with van der Waals surface area (Å²) in [5.41, 5.74) is -0.0782. The van der Waals surface area contributed by atoms with Crippen LogP contribution in [0.3, 0.4) is 0 Å². The Kier molecular flexibility index (Phi) is 8.28. The minimum Gasteiger partial charge on any atom is -0.457 e. The van der Waals surface area contributed by atoms with Gasteiger partial charge in [0.25, 0.3) is 0 Å². The van der Waals surface area contributed by atoms with Gasteiger partial charge in [0.2, 0.25) is 5.91 Å². The van der Waals surface area contributed by atoms with E-state index in [9.17, 15) is 9.90 Å². The molecule has 5 nitrogen and oxygen atoms in total. The first kappa shape index (κ1) is 25.3. The lowest BCUT2D eigenvalue weighted by Gasteiger charge is -2.43. The number of hydrogen-bond donors (Lipinski definition) is 1. The second kappa shape index (κ2) is 11.8. The lowest BCUT2D eigenvalue weighted by Crippen LogP contribution is -2.54. The maximum absolute atomic E-state index is 14.0. The molecule has 194 valence electrons. The molecule has 5 heteroatoms. The summed E-state index contributed by atoms with van der Waals surface area (Å²) in [6, 6.07) is 17.5. The SMILES string of the molecule is O=C(C(c1ccc(Oc2ccccc2)cc1)C1(O)CCCCC1)N1CCN(CC2CCCCC2)CC1. The molecule has 5 rings (SSSR count). The van der Waals surface area contributed by atoms with E-state index in [0.29, 0.717) is 12.8 Å². The molecule has 0 aromatic heterocycles. The number of aliphatic hydroxyl groups is 1. The number of carbonyl (C=O) groups is 1. The number of amides is 1. The van der Waals surface area contributed by atoms with Crippen molar-refractivity contribution in [2.75, 3.05) is 32.7 Å². The highest BCUT2D eigenvalue weighted by Gasteiger charge is 2.45. The molecule has 1 N–H and O–H groups in total. The van der Waals surface area contributed by atoms with Gasteiger partial charge in [-0.3, -0.25) is 9.69 Å². The second-order valence-corrected chi connectivity index (χ2v) is 11.2. The molecule has 1 heterocycles. The number of para-hydroxylation sites is 1. The van der Waals surface area contributed by atoms with Gasteiger partial charge in [0, 0.05) is 32.7 Å². The number of carbonyl (C=O) groups excluding carboxylic acids is 1. The standard InChI is InChI=1S/C31H42N2O3/c34-30(33-22-20-32(21-23-33)24-25-10-4-1-5-11-25)29(31(35)18-8-3-9-19-31)26-14-16-28(17-15-26)36-27-12-6-2-7-13-27/h2,6-7,12-17,25,29,35H,1,3-5,8-11,18-24H2. The van der Waals surface area contributed by atoms with E-state index in [-0.39, 0.29) is 5.91 Å². The summed E-state index contributed by atoms with van der Waals surface area (Å²) in [6.45, 7) is 4.58. The zero-order valence-electron chi connectivity index (χ0n) is 21.6. The van der Waals surface area contributed by atoms with Crippen LogP contribution < -0.4 is 4.74 Å². The maximum Gasteiger partial charge on any atom is 0.233 e. The van der Waals surface area contributed by atoms with E-state index in [1.54, 1.807) is 0 Å². The first-order valence-corrected chi connectivity index (χ1v) is 14.2. The Bertz CT molecular complexity index is 957. The van der Waals surface area contributed by atoms with Crippen LogP contribution in [-0.4, -0.2) is 59.1 Å².